The highest BCUT2D eigenvalue weighted by atomic mass is 19.1. The SMILES string of the molecule is COCC(COC)N(C)Cc1ccc(-c2c(F)cccc2F)cn1.NCc1n[nH]c(=O)c2ccc(C3(C=O)CC3)cc12. The second-order valence-corrected chi connectivity index (χ2v) is 10.4. The Morgan fingerprint density at radius 2 is 1.76 bits per heavy atom. The summed E-state index contributed by atoms with van der Waals surface area (Å²) in [6, 6.07) is 12.8. The van der Waals surface area contributed by atoms with Crippen molar-refractivity contribution in [3.63, 3.8) is 0 Å². The molecule has 1 aliphatic carbocycles. The maximum Gasteiger partial charge on any atom is 0.272 e. The van der Waals surface area contributed by atoms with Crippen LogP contribution in [0.3, 0.4) is 0 Å². The second-order valence-electron chi connectivity index (χ2n) is 10.4. The van der Waals surface area contributed by atoms with Crippen molar-refractivity contribution in [3.8, 4) is 11.1 Å². The standard InChI is InChI=1S/C18H22F2N2O2.C13H13N3O2/c1-22(15(11-23-2)12-24-3)10-14-8-7-13(9-21-14)18-16(19)5-4-6-17(18)20;14-6-11-10-5-8(13(7-17)3-4-13)1-2-9(10)12(18)16-15-11/h4-9,15H,10-12H2,1-3H3;1-2,5,7H,3-4,6,14H2,(H,16,18). The Bertz CT molecular complexity index is 1550. The van der Waals surface area contributed by atoms with E-state index in [9.17, 15) is 18.4 Å². The van der Waals surface area contributed by atoms with Gasteiger partial charge in [0.2, 0.25) is 0 Å². The van der Waals surface area contributed by atoms with Crippen LogP contribution in [0.1, 0.15) is 29.8 Å². The molecule has 0 radical (unpaired) electrons. The first-order valence-corrected chi connectivity index (χ1v) is 13.5. The van der Waals surface area contributed by atoms with Crippen LogP contribution < -0.4 is 11.3 Å². The number of hydrogen-bond acceptors (Lipinski definition) is 8. The molecule has 222 valence electrons. The first-order valence-electron chi connectivity index (χ1n) is 13.5. The van der Waals surface area contributed by atoms with Gasteiger partial charge in [0.1, 0.15) is 17.9 Å². The fourth-order valence-electron chi connectivity index (χ4n) is 4.81. The van der Waals surface area contributed by atoms with E-state index >= 15 is 0 Å². The lowest BCUT2D eigenvalue weighted by atomic mass is 9.95. The average molecular weight is 580 g/mol. The molecule has 1 saturated carbocycles. The minimum absolute atomic E-state index is 0.0541. The van der Waals surface area contributed by atoms with Crippen LogP contribution in [-0.2, 0) is 32.8 Å². The van der Waals surface area contributed by atoms with Gasteiger partial charge in [0.15, 0.2) is 0 Å². The van der Waals surface area contributed by atoms with E-state index in [1.54, 1.807) is 32.4 Å². The number of pyridine rings is 1. The molecule has 0 unspecified atom stereocenters. The molecular formula is C31H35F2N5O4. The molecule has 0 bridgehead atoms. The number of likely N-dealkylation sites (N-methyl/N-ethyl adjacent to an activating group) is 1. The van der Waals surface area contributed by atoms with Crippen molar-refractivity contribution in [1.29, 1.82) is 0 Å². The van der Waals surface area contributed by atoms with Crippen molar-refractivity contribution in [2.24, 2.45) is 5.73 Å². The van der Waals surface area contributed by atoms with Crippen molar-refractivity contribution in [2.45, 2.75) is 37.4 Å². The number of nitrogens with two attached hydrogens (primary N) is 1. The summed E-state index contributed by atoms with van der Waals surface area (Å²) < 4.78 is 38.0. The predicted molar refractivity (Wildman–Crippen MR) is 156 cm³/mol. The predicted octanol–water partition coefficient (Wildman–Crippen LogP) is 3.73. The van der Waals surface area contributed by atoms with Gasteiger partial charge in [0, 0.05) is 44.5 Å². The normalized spacial score (nSPS) is 13.7. The fourth-order valence-corrected chi connectivity index (χ4v) is 4.81. The number of rotatable bonds is 11. The molecule has 5 rings (SSSR count). The molecule has 42 heavy (non-hydrogen) atoms. The highest BCUT2D eigenvalue weighted by molar-refractivity contribution is 5.86. The molecule has 4 aromatic rings. The number of aromatic nitrogens is 3. The number of aldehydes is 1. The van der Waals surface area contributed by atoms with Crippen LogP contribution in [-0.4, -0.2) is 66.9 Å². The number of fused-ring (bicyclic) bond motifs is 1. The van der Waals surface area contributed by atoms with Gasteiger partial charge in [0.25, 0.3) is 5.56 Å². The minimum Gasteiger partial charge on any atom is -0.383 e. The van der Waals surface area contributed by atoms with Gasteiger partial charge >= 0.3 is 0 Å². The lowest BCUT2D eigenvalue weighted by Crippen LogP contribution is -2.38. The quantitative estimate of drug-likeness (QED) is 0.258. The van der Waals surface area contributed by atoms with E-state index in [0.717, 1.165) is 35.8 Å². The summed E-state index contributed by atoms with van der Waals surface area (Å²) in [6.07, 6.45) is 4.23. The van der Waals surface area contributed by atoms with Gasteiger partial charge in [-0.05, 0) is 55.8 Å². The lowest BCUT2D eigenvalue weighted by molar-refractivity contribution is -0.109. The van der Waals surface area contributed by atoms with E-state index in [4.69, 9.17) is 15.2 Å². The third kappa shape index (κ3) is 6.93. The van der Waals surface area contributed by atoms with Gasteiger partial charge in [-0.15, -0.1) is 0 Å². The van der Waals surface area contributed by atoms with E-state index < -0.39 is 11.6 Å². The average Bonchev–Trinajstić information content (AvgIpc) is 3.80. The molecule has 1 fully saturated rings. The molecule has 9 nitrogen and oxygen atoms in total. The number of carbonyl (C=O) groups is 1. The van der Waals surface area contributed by atoms with E-state index in [-0.39, 0.29) is 29.1 Å². The highest BCUT2D eigenvalue weighted by Crippen LogP contribution is 2.46. The molecule has 1 aliphatic rings. The first kappa shape index (κ1) is 31.0. The van der Waals surface area contributed by atoms with Gasteiger partial charge in [-0.2, -0.15) is 5.10 Å². The maximum absolute atomic E-state index is 13.8. The molecule has 2 aromatic carbocycles. The third-order valence-electron chi connectivity index (χ3n) is 7.48. The summed E-state index contributed by atoms with van der Waals surface area (Å²) in [5.41, 5.74) is 7.81. The van der Waals surface area contributed by atoms with E-state index in [0.29, 0.717) is 36.4 Å². The summed E-state index contributed by atoms with van der Waals surface area (Å²) in [6.45, 7) is 1.92. The van der Waals surface area contributed by atoms with Crippen LogP contribution in [0.4, 0.5) is 8.78 Å². The van der Waals surface area contributed by atoms with Gasteiger partial charge in [0.05, 0.1) is 47.0 Å². The largest absolute Gasteiger partial charge is 0.383 e. The number of nitrogens with one attached hydrogen (secondary N) is 1. The molecule has 0 spiro atoms. The molecule has 2 heterocycles. The Morgan fingerprint density at radius 1 is 1.07 bits per heavy atom. The van der Waals surface area contributed by atoms with Gasteiger partial charge in [-0.1, -0.05) is 18.2 Å². The first-order chi connectivity index (χ1) is 20.3. The Kier molecular flexibility index (Phi) is 10.2. The van der Waals surface area contributed by atoms with Crippen molar-refractivity contribution < 1.29 is 23.0 Å². The van der Waals surface area contributed by atoms with E-state index in [2.05, 4.69) is 20.1 Å². The van der Waals surface area contributed by atoms with Gasteiger partial charge in [-0.25, -0.2) is 13.9 Å². The molecule has 11 heteroatoms. The van der Waals surface area contributed by atoms with Crippen LogP contribution in [0.2, 0.25) is 0 Å². The van der Waals surface area contributed by atoms with Crippen molar-refractivity contribution in [1.82, 2.24) is 20.1 Å². The summed E-state index contributed by atoms with van der Waals surface area (Å²) in [7, 11) is 5.24. The number of halogens is 2. The lowest BCUT2D eigenvalue weighted by Gasteiger charge is -2.26. The van der Waals surface area contributed by atoms with Gasteiger partial charge < -0.3 is 20.0 Å². The summed E-state index contributed by atoms with van der Waals surface area (Å²) in [4.78, 5) is 29.2. The minimum atomic E-state index is -0.595. The number of ether oxygens (including phenoxy) is 2. The van der Waals surface area contributed by atoms with Crippen LogP contribution in [0.5, 0.6) is 0 Å². The van der Waals surface area contributed by atoms with E-state index in [1.165, 1.54) is 24.4 Å². The van der Waals surface area contributed by atoms with Crippen LogP contribution in [0, 0.1) is 11.6 Å². The number of aromatic amines is 1. The zero-order valence-electron chi connectivity index (χ0n) is 23.9. The zero-order chi connectivity index (χ0) is 30.3. The molecule has 0 amide bonds. The van der Waals surface area contributed by atoms with Crippen LogP contribution in [0.15, 0.2) is 59.5 Å². The molecule has 0 saturated heterocycles. The van der Waals surface area contributed by atoms with Crippen molar-refractivity contribution >= 4 is 17.1 Å². The monoisotopic (exact) mass is 579 g/mol. The second kappa shape index (κ2) is 13.8. The number of benzene rings is 2. The molecule has 0 aliphatic heterocycles. The number of nitrogens with zero attached hydrogens (tertiary/aromatic N) is 3. The number of hydrogen-bond donors (Lipinski definition) is 2. The topological polar surface area (TPSA) is 123 Å². The zero-order valence-corrected chi connectivity index (χ0v) is 23.9. The third-order valence-corrected chi connectivity index (χ3v) is 7.48. The number of methoxy groups -OCH3 is 2. The molecule has 2 aromatic heterocycles. The van der Waals surface area contributed by atoms with Crippen LogP contribution in [0.25, 0.3) is 21.9 Å². The summed E-state index contributed by atoms with van der Waals surface area (Å²) in [5.74, 6) is -1.19. The maximum atomic E-state index is 13.8. The smallest absolute Gasteiger partial charge is 0.272 e. The molecular weight excluding hydrogens is 544 g/mol. The number of carbonyl (C=O) groups excluding carboxylic acids is 1. The van der Waals surface area contributed by atoms with Crippen LogP contribution >= 0.6 is 0 Å². The van der Waals surface area contributed by atoms with E-state index in [1.807, 2.05) is 19.2 Å². The summed E-state index contributed by atoms with van der Waals surface area (Å²) in [5, 5.41) is 7.68. The van der Waals surface area contributed by atoms with Crippen molar-refractivity contribution in [3.05, 3.63) is 93.7 Å². The number of H-pyrrole nitrogens is 1. The Labute approximate surface area is 242 Å². The fraction of sp³-hybridized carbons (Fsp3) is 0.355. The van der Waals surface area contributed by atoms with Crippen molar-refractivity contribution in [2.75, 3.05) is 34.5 Å². The molecule has 0 atom stereocenters. The highest BCUT2D eigenvalue weighted by Gasteiger charge is 2.44. The summed E-state index contributed by atoms with van der Waals surface area (Å²) >= 11 is 0. The molecule has 3 N–H and O–H groups in total. The Balaban J connectivity index is 0.000000200. The Morgan fingerprint density at radius 3 is 2.31 bits per heavy atom. The van der Waals surface area contributed by atoms with Gasteiger partial charge in [-0.3, -0.25) is 14.7 Å². The Hall–Kier alpha value is -3.90.